The van der Waals surface area contributed by atoms with E-state index in [0.717, 1.165) is 45.0 Å². The average molecular weight is 239 g/mol. The lowest BCUT2D eigenvalue weighted by Gasteiger charge is -2.22. The standard InChI is InChI=1S/C11H21N5O/c1-9(2)7-12-8-11-13-14-15-16(11)10-3-5-17-6-4-10/h9-10,12H,3-8H2,1-2H3. The van der Waals surface area contributed by atoms with Gasteiger partial charge in [0.25, 0.3) is 0 Å². The number of tetrazole rings is 1. The molecule has 1 aliphatic heterocycles. The molecule has 6 heteroatoms. The molecule has 0 aliphatic carbocycles. The predicted molar refractivity (Wildman–Crippen MR) is 63.5 cm³/mol. The molecule has 0 saturated carbocycles. The number of aromatic nitrogens is 4. The number of nitrogens with one attached hydrogen (secondary N) is 1. The number of hydrogen-bond donors (Lipinski definition) is 1. The number of rotatable bonds is 5. The fourth-order valence-corrected chi connectivity index (χ4v) is 2.01. The summed E-state index contributed by atoms with van der Waals surface area (Å²) in [5.74, 6) is 1.57. The van der Waals surface area contributed by atoms with Gasteiger partial charge in [0.1, 0.15) is 0 Å². The molecule has 1 aliphatic rings. The lowest BCUT2D eigenvalue weighted by molar-refractivity contribution is 0.0647. The van der Waals surface area contributed by atoms with Crippen LogP contribution in [0, 0.1) is 5.92 Å². The largest absolute Gasteiger partial charge is 0.381 e. The van der Waals surface area contributed by atoms with Gasteiger partial charge in [-0.2, -0.15) is 0 Å². The number of hydrogen-bond acceptors (Lipinski definition) is 5. The fraction of sp³-hybridized carbons (Fsp3) is 0.909. The molecule has 0 spiro atoms. The third-order valence-electron chi connectivity index (χ3n) is 2.93. The normalized spacial score (nSPS) is 17.8. The highest BCUT2D eigenvalue weighted by atomic mass is 16.5. The first kappa shape index (κ1) is 12.4. The topological polar surface area (TPSA) is 64.9 Å². The zero-order valence-corrected chi connectivity index (χ0v) is 10.6. The third kappa shape index (κ3) is 3.47. The maximum absolute atomic E-state index is 5.35. The quantitative estimate of drug-likeness (QED) is 0.822. The van der Waals surface area contributed by atoms with Gasteiger partial charge < -0.3 is 10.1 Å². The minimum atomic E-state index is 0.398. The molecule has 0 bridgehead atoms. The molecule has 0 amide bonds. The van der Waals surface area contributed by atoms with Crippen LogP contribution in [0.3, 0.4) is 0 Å². The second-order valence-corrected chi connectivity index (χ2v) is 4.91. The van der Waals surface area contributed by atoms with Crippen LogP contribution in [0.2, 0.25) is 0 Å². The summed E-state index contributed by atoms with van der Waals surface area (Å²) in [4.78, 5) is 0. The summed E-state index contributed by atoms with van der Waals surface area (Å²) in [7, 11) is 0. The van der Waals surface area contributed by atoms with Crippen LogP contribution in [0.25, 0.3) is 0 Å². The first-order valence-corrected chi connectivity index (χ1v) is 6.32. The van der Waals surface area contributed by atoms with Crippen molar-refractivity contribution in [2.75, 3.05) is 19.8 Å². The number of ether oxygens (including phenoxy) is 1. The van der Waals surface area contributed by atoms with E-state index in [4.69, 9.17) is 4.74 Å². The van der Waals surface area contributed by atoms with Crippen molar-refractivity contribution in [3.8, 4) is 0 Å². The Bertz CT molecular complexity index is 332. The SMILES string of the molecule is CC(C)CNCc1nnnn1C1CCOCC1. The summed E-state index contributed by atoms with van der Waals surface area (Å²) in [5, 5.41) is 15.3. The molecular weight excluding hydrogens is 218 g/mol. The minimum Gasteiger partial charge on any atom is -0.381 e. The van der Waals surface area contributed by atoms with Crippen molar-refractivity contribution in [2.45, 2.75) is 39.3 Å². The van der Waals surface area contributed by atoms with Crippen LogP contribution in [-0.2, 0) is 11.3 Å². The summed E-state index contributed by atoms with van der Waals surface area (Å²) < 4.78 is 7.31. The van der Waals surface area contributed by atoms with Crippen molar-refractivity contribution < 1.29 is 4.74 Å². The lowest BCUT2D eigenvalue weighted by atomic mass is 10.1. The molecule has 1 aromatic heterocycles. The fourth-order valence-electron chi connectivity index (χ4n) is 2.01. The first-order valence-electron chi connectivity index (χ1n) is 6.32. The van der Waals surface area contributed by atoms with Crippen molar-refractivity contribution in [3.63, 3.8) is 0 Å². The molecule has 17 heavy (non-hydrogen) atoms. The van der Waals surface area contributed by atoms with Gasteiger partial charge in [0.05, 0.1) is 12.6 Å². The summed E-state index contributed by atoms with van der Waals surface area (Å²) in [5.41, 5.74) is 0. The number of nitrogens with zero attached hydrogens (tertiary/aromatic N) is 4. The van der Waals surface area contributed by atoms with E-state index < -0.39 is 0 Å². The van der Waals surface area contributed by atoms with Crippen molar-refractivity contribution in [3.05, 3.63) is 5.82 Å². The molecule has 6 nitrogen and oxygen atoms in total. The van der Waals surface area contributed by atoms with Crippen LogP contribution < -0.4 is 5.32 Å². The van der Waals surface area contributed by atoms with Crippen molar-refractivity contribution in [1.29, 1.82) is 0 Å². The third-order valence-corrected chi connectivity index (χ3v) is 2.93. The second kappa shape index (κ2) is 6.07. The van der Waals surface area contributed by atoms with Crippen LogP contribution >= 0.6 is 0 Å². The zero-order chi connectivity index (χ0) is 12.1. The highest BCUT2D eigenvalue weighted by molar-refractivity contribution is 4.85. The molecule has 1 N–H and O–H groups in total. The van der Waals surface area contributed by atoms with E-state index >= 15 is 0 Å². The Morgan fingerprint density at radius 2 is 2.18 bits per heavy atom. The molecule has 1 aromatic rings. The van der Waals surface area contributed by atoms with Gasteiger partial charge in [-0.15, -0.1) is 5.10 Å². The van der Waals surface area contributed by atoms with Crippen LogP contribution in [0.4, 0.5) is 0 Å². The minimum absolute atomic E-state index is 0.398. The maximum atomic E-state index is 5.35. The van der Waals surface area contributed by atoms with Crippen LogP contribution in [0.5, 0.6) is 0 Å². The molecule has 2 heterocycles. The molecule has 96 valence electrons. The van der Waals surface area contributed by atoms with Gasteiger partial charge in [0.15, 0.2) is 5.82 Å². The van der Waals surface area contributed by atoms with Crippen LogP contribution in [0.15, 0.2) is 0 Å². The van der Waals surface area contributed by atoms with E-state index in [1.54, 1.807) is 0 Å². The molecular formula is C11H21N5O. The van der Waals surface area contributed by atoms with Crippen LogP contribution in [-0.4, -0.2) is 40.0 Å². The van der Waals surface area contributed by atoms with Gasteiger partial charge in [-0.25, -0.2) is 4.68 Å². The van der Waals surface area contributed by atoms with E-state index in [1.807, 2.05) is 4.68 Å². The van der Waals surface area contributed by atoms with Gasteiger partial charge in [0, 0.05) is 13.2 Å². The average Bonchev–Trinajstić information content (AvgIpc) is 2.78. The molecule has 0 radical (unpaired) electrons. The molecule has 0 atom stereocenters. The van der Waals surface area contributed by atoms with E-state index in [2.05, 4.69) is 34.7 Å². The summed E-state index contributed by atoms with van der Waals surface area (Å²) in [6.45, 7) is 7.72. The van der Waals surface area contributed by atoms with Crippen molar-refractivity contribution >= 4 is 0 Å². The van der Waals surface area contributed by atoms with E-state index in [0.29, 0.717) is 12.0 Å². The highest BCUT2D eigenvalue weighted by Crippen LogP contribution is 2.20. The molecule has 1 fully saturated rings. The summed E-state index contributed by atoms with van der Waals surface area (Å²) in [6.07, 6.45) is 2.00. The Morgan fingerprint density at radius 1 is 1.41 bits per heavy atom. The van der Waals surface area contributed by atoms with E-state index in [9.17, 15) is 0 Å². The van der Waals surface area contributed by atoms with Crippen LogP contribution in [0.1, 0.15) is 38.6 Å². The monoisotopic (exact) mass is 239 g/mol. The second-order valence-electron chi connectivity index (χ2n) is 4.91. The summed E-state index contributed by atoms with van der Waals surface area (Å²) >= 11 is 0. The van der Waals surface area contributed by atoms with Gasteiger partial charge in [-0.05, 0) is 35.7 Å². The lowest BCUT2D eigenvalue weighted by Crippen LogP contribution is -2.26. The Labute approximate surface area is 102 Å². The highest BCUT2D eigenvalue weighted by Gasteiger charge is 2.19. The Balaban J connectivity index is 1.91. The maximum Gasteiger partial charge on any atom is 0.165 e. The predicted octanol–water partition coefficient (Wildman–Crippen LogP) is 0.770. The zero-order valence-electron chi connectivity index (χ0n) is 10.6. The smallest absolute Gasteiger partial charge is 0.165 e. The van der Waals surface area contributed by atoms with Crippen molar-refractivity contribution in [2.24, 2.45) is 5.92 Å². The Morgan fingerprint density at radius 3 is 2.88 bits per heavy atom. The van der Waals surface area contributed by atoms with Gasteiger partial charge >= 0.3 is 0 Å². The van der Waals surface area contributed by atoms with Gasteiger partial charge in [0.2, 0.25) is 0 Å². The Kier molecular flexibility index (Phi) is 4.44. The van der Waals surface area contributed by atoms with E-state index in [-0.39, 0.29) is 0 Å². The van der Waals surface area contributed by atoms with Gasteiger partial charge in [-0.3, -0.25) is 0 Å². The molecule has 0 unspecified atom stereocenters. The summed E-state index contributed by atoms with van der Waals surface area (Å²) in [6, 6.07) is 0.398. The van der Waals surface area contributed by atoms with Crippen molar-refractivity contribution in [1.82, 2.24) is 25.5 Å². The molecule has 1 saturated heterocycles. The Hall–Kier alpha value is -1.01. The molecule has 2 rings (SSSR count). The van der Waals surface area contributed by atoms with Gasteiger partial charge in [-0.1, -0.05) is 13.8 Å². The van der Waals surface area contributed by atoms with E-state index in [1.165, 1.54) is 0 Å². The first-order chi connectivity index (χ1) is 8.27. The molecule has 0 aromatic carbocycles.